The third kappa shape index (κ3) is 3.80. The van der Waals surface area contributed by atoms with E-state index < -0.39 is 0 Å². The molecule has 0 aliphatic rings. The zero-order valence-corrected chi connectivity index (χ0v) is 11.8. The minimum absolute atomic E-state index is 0.0777. The van der Waals surface area contributed by atoms with Crippen LogP contribution in [0.2, 0.25) is 0 Å². The van der Waals surface area contributed by atoms with E-state index in [2.05, 4.69) is 34.9 Å². The fourth-order valence-corrected chi connectivity index (χ4v) is 2.25. The van der Waals surface area contributed by atoms with Crippen LogP contribution in [0.5, 0.6) is 0 Å². The van der Waals surface area contributed by atoms with Crippen LogP contribution in [0.25, 0.3) is 0 Å². The zero-order valence-electron chi connectivity index (χ0n) is 11.0. The lowest BCUT2D eigenvalue weighted by Gasteiger charge is -2.21. The van der Waals surface area contributed by atoms with Gasteiger partial charge in [0.25, 0.3) is 0 Å². The lowest BCUT2D eigenvalue weighted by Crippen LogP contribution is -2.37. The van der Waals surface area contributed by atoms with E-state index in [1.54, 1.807) is 0 Å². The lowest BCUT2D eigenvalue weighted by atomic mass is 9.99. The molecule has 0 atom stereocenters. The van der Waals surface area contributed by atoms with Crippen molar-refractivity contribution in [2.24, 2.45) is 0 Å². The second-order valence-electron chi connectivity index (χ2n) is 4.26. The zero-order chi connectivity index (χ0) is 13.5. The molecule has 2 aromatic carbocycles. The first kappa shape index (κ1) is 13.6. The van der Waals surface area contributed by atoms with Crippen molar-refractivity contribution in [1.29, 1.82) is 0 Å². The summed E-state index contributed by atoms with van der Waals surface area (Å²) in [5, 5.41) is 7.19. The average molecular weight is 270 g/mol. The SMILES string of the molecule is CCNC(=S)NC(c1ccccc1)c1ccccc1. The molecule has 98 valence electrons. The van der Waals surface area contributed by atoms with Crippen LogP contribution in [0.1, 0.15) is 24.1 Å². The summed E-state index contributed by atoms with van der Waals surface area (Å²) in [6.07, 6.45) is 0. The summed E-state index contributed by atoms with van der Waals surface area (Å²) in [4.78, 5) is 0. The van der Waals surface area contributed by atoms with E-state index in [0.29, 0.717) is 5.11 Å². The Morgan fingerprint density at radius 2 is 1.42 bits per heavy atom. The molecule has 0 spiro atoms. The highest BCUT2D eigenvalue weighted by atomic mass is 32.1. The molecule has 0 aromatic heterocycles. The van der Waals surface area contributed by atoms with Gasteiger partial charge in [0.05, 0.1) is 6.04 Å². The molecule has 2 N–H and O–H groups in total. The minimum Gasteiger partial charge on any atom is -0.363 e. The molecule has 0 aliphatic heterocycles. The summed E-state index contributed by atoms with van der Waals surface area (Å²) in [5.74, 6) is 0. The Morgan fingerprint density at radius 3 is 1.84 bits per heavy atom. The summed E-state index contributed by atoms with van der Waals surface area (Å²) in [5.41, 5.74) is 2.41. The van der Waals surface area contributed by atoms with Crippen LogP contribution in [-0.2, 0) is 0 Å². The van der Waals surface area contributed by atoms with Crippen molar-refractivity contribution in [3.63, 3.8) is 0 Å². The highest BCUT2D eigenvalue weighted by Gasteiger charge is 2.14. The van der Waals surface area contributed by atoms with Gasteiger partial charge in [-0.1, -0.05) is 60.7 Å². The maximum Gasteiger partial charge on any atom is 0.167 e. The van der Waals surface area contributed by atoms with E-state index >= 15 is 0 Å². The van der Waals surface area contributed by atoms with E-state index in [0.717, 1.165) is 6.54 Å². The Bertz CT molecular complexity index is 471. The average Bonchev–Trinajstić information content (AvgIpc) is 2.47. The fourth-order valence-electron chi connectivity index (χ4n) is 1.99. The molecule has 0 bridgehead atoms. The van der Waals surface area contributed by atoms with Crippen molar-refractivity contribution in [1.82, 2.24) is 10.6 Å². The van der Waals surface area contributed by atoms with Gasteiger partial charge in [0, 0.05) is 6.54 Å². The van der Waals surface area contributed by atoms with Crippen LogP contribution in [0.15, 0.2) is 60.7 Å². The molecule has 3 heteroatoms. The summed E-state index contributed by atoms with van der Waals surface area (Å²) in [6, 6.07) is 20.7. The van der Waals surface area contributed by atoms with Crippen LogP contribution in [0, 0.1) is 0 Å². The van der Waals surface area contributed by atoms with Crippen LogP contribution < -0.4 is 10.6 Å². The van der Waals surface area contributed by atoms with Crippen molar-refractivity contribution in [3.05, 3.63) is 71.8 Å². The molecule has 0 aliphatic carbocycles. The Balaban J connectivity index is 2.26. The van der Waals surface area contributed by atoms with Gasteiger partial charge in [-0.25, -0.2) is 0 Å². The van der Waals surface area contributed by atoms with Gasteiger partial charge in [-0.3, -0.25) is 0 Å². The highest BCUT2D eigenvalue weighted by molar-refractivity contribution is 7.80. The van der Waals surface area contributed by atoms with Crippen LogP contribution in [0.3, 0.4) is 0 Å². The van der Waals surface area contributed by atoms with Gasteiger partial charge < -0.3 is 10.6 Å². The molecule has 0 radical (unpaired) electrons. The summed E-state index contributed by atoms with van der Waals surface area (Å²) in [6.45, 7) is 2.86. The van der Waals surface area contributed by atoms with Crippen molar-refractivity contribution in [3.8, 4) is 0 Å². The summed E-state index contributed by atoms with van der Waals surface area (Å²) in [7, 11) is 0. The number of benzene rings is 2. The van der Waals surface area contributed by atoms with Gasteiger partial charge in [-0.2, -0.15) is 0 Å². The number of thiocarbonyl (C=S) groups is 1. The molecule has 2 aromatic rings. The molecule has 0 amide bonds. The molecule has 0 heterocycles. The van der Waals surface area contributed by atoms with Crippen molar-refractivity contribution in [2.75, 3.05) is 6.54 Å². The van der Waals surface area contributed by atoms with Gasteiger partial charge >= 0.3 is 0 Å². The van der Waals surface area contributed by atoms with Crippen LogP contribution in [-0.4, -0.2) is 11.7 Å². The topological polar surface area (TPSA) is 24.1 Å². The van der Waals surface area contributed by atoms with Gasteiger partial charge in [-0.15, -0.1) is 0 Å². The van der Waals surface area contributed by atoms with Crippen molar-refractivity contribution in [2.45, 2.75) is 13.0 Å². The first-order valence-corrected chi connectivity index (χ1v) is 6.86. The quantitative estimate of drug-likeness (QED) is 0.834. The normalized spacial score (nSPS) is 10.2. The largest absolute Gasteiger partial charge is 0.363 e. The third-order valence-corrected chi connectivity index (χ3v) is 3.14. The standard InChI is InChI=1S/C16H18N2S/c1-2-17-16(19)18-15(13-9-5-3-6-10-13)14-11-7-4-8-12-14/h3-12,15H,2H2,1H3,(H2,17,18,19). The minimum atomic E-state index is 0.0777. The third-order valence-electron chi connectivity index (χ3n) is 2.88. The Morgan fingerprint density at radius 1 is 0.947 bits per heavy atom. The van der Waals surface area contributed by atoms with Gasteiger partial charge in [0.15, 0.2) is 5.11 Å². The second kappa shape index (κ2) is 6.90. The molecule has 0 saturated heterocycles. The molecule has 2 nitrogen and oxygen atoms in total. The summed E-state index contributed by atoms with van der Waals surface area (Å²) < 4.78 is 0. The van der Waals surface area contributed by atoms with Gasteiger partial charge in [-0.05, 0) is 30.3 Å². The lowest BCUT2D eigenvalue weighted by molar-refractivity contribution is 0.742. The van der Waals surface area contributed by atoms with E-state index in [4.69, 9.17) is 12.2 Å². The smallest absolute Gasteiger partial charge is 0.167 e. The van der Waals surface area contributed by atoms with E-state index in [-0.39, 0.29) is 6.04 Å². The Labute approximate surface area is 119 Å². The monoisotopic (exact) mass is 270 g/mol. The number of rotatable bonds is 4. The molecular formula is C16H18N2S. The fraction of sp³-hybridized carbons (Fsp3) is 0.188. The van der Waals surface area contributed by atoms with Crippen molar-refractivity contribution >= 4 is 17.3 Å². The van der Waals surface area contributed by atoms with Crippen LogP contribution >= 0.6 is 12.2 Å². The predicted molar refractivity (Wildman–Crippen MR) is 84.1 cm³/mol. The summed E-state index contributed by atoms with van der Waals surface area (Å²) >= 11 is 5.31. The molecule has 0 unspecified atom stereocenters. The molecule has 0 fully saturated rings. The molecular weight excluding hydrogens is 252 g/mol. The van der Waals surface area contributed by atoms with Crippen LogP contribution in [0.4, 0.5) is 0 Å². The van der Waals surface area contributed by atoms with E-state index in [1.165, 1.54) is 11.1 Å². The van der Waals surface area contributed by atoms with Crippen molar-refractivity contribution < 1.29 is 0 Å². The molecule has 2 rings (SSSR count). The van der Waals surface area contributed by atoms with E-state index in [1.807, 2.05) is 43.3 Å². The molecule has 19 heavy (non-hydrogen) atoms. The van der Waals surface area contributed by atoms with Gasteiger partial charge in [0.2, 0.25) is 0 Å². The maximum absolute atomic E-state index is 5.31. The first-order valence-electron chi connectivity index (χ1n) is 6.45. The van der Waals surface area contributed by atoms with E-state index in [9.17, 15) is 0 Å². The van der Waals surface area contributed by atoms with Gasteiger partial charge in [0.1, 0.15) is 0 Å². The first-order chi connectivity index (χ1) is 9.31. The maximum atomic E-state index is 5.31. The number of hydrogen-bond donors (Lipinski definition) is 2. The Kier molecular flexibility index (Phi) is 4.93. The number of nitrogens with one attached hydrogen (secondary N) is 2. The number of hydrogen-bond acceptors (Lipinski definition) is 1. The predicted octanol–water partition coefficient (Wildman–Crippen LogP) is 3.26. The second-order valence-corrected chi connectivity index (χ2v) is 4.67. The Hall–Kier alpha value is -1.87. The highest BCUT2D eigenvalue weighted by Crippen LogP contribution is 2.21. The molecule has 0 saturated carbocycles.